The van der Waals surface area contributed by atoms with Crippen LogP contribution in [0.3, 0.4) is 0 Å². The molecule has 0 aromatic carbocycles. The number of esters is 4. The van der Waals surface area contributed by atoms with Gasteiger partial charge in [0.2, 0.25) is 0 Å². The molecule has 0 aliphatic heterocycles. The Kier molecular flexibility index (Phi) is 75.8. The first kappa shape index (κ1) is 101. The van der Waals surface area contributed by atoms with Crippen molar-refractivity contribution < 1.29 is 80.2 Å². The molecule has 0 rings (SSSR count). The van der Waals surface area contributed by atoms with E-state index in [0.717, 1.165) is 103 Å². The summed E-state index contributed by atoms with van der Waals surface area (Å²) in [5.41, 5.74) is 0. The van der Waals surface area contributed by atoms with Crippen LogP contribution in [-0.4, -0.2) is 96.7 Å². The predicted octanol–water partition coefficient (Wildman–Crippen LogP) is 25.3. The Hall–Kier alpha value is -2.46. The van der Waals surface area contributed by atoms with E-state index >= 15 is 0 Å². The maximum atomic E-state index is 13.1. The van der Waals surface area contributed by atoms with Crippen LogP contribution in [0.1, 0.15) is 432 Å². The Morgan fingerprint density at radius 1 is 0.272 bits per heavy atom. The predicted molar refractivity (Wildman–Crippen MR) is 423 cm³/mol. The lowest BCUT2D eigenvalue weighted by Crippen LogP contribution is -2.30. The average molecular weight is 1500 g/mol. The quantitative estimate of drug-likeness (QED) is 0.0169. The van der Waals surface area contributed by atoms with Gasteiger partial charge < -0.3 is 33.8 Å². The van der Waals surface area contributed by atoms with E-state index in [1.54, 1.807) is 0 Å². The Labute approximate surface area is 631 Å². The normalized spacial score (nSPS) is 13.9. The summed E-state index contributed by atoms with van der Waals surface area (Å²) in [4.78, 5) is 73.1. The monoisotopic (exact) mass is 1500 g/mol. The summed E-state index contributed by atoms with van der Waals surface area (Å²) in [5, 5.41) is 10.7. The number of allylic oxidation sites excluding steroid dienone is 4. The molecule has 2 unspecified atom stereocenters. The number of unbranched alkanes of at least 4 members (excludes halogenated alkanes) is 54. The van der Waals surface area contributed by atoms with Gasteiger partial charge in [-0.15, -0.1) is 0 Å². The lowest BCUT2D eigenvalue weighted by atomic mass is 10.0. The van der Waals surface area contributed by atoms with E-state index in [4.69, 9.17) is 37.0 Å². The highest BCUT2D eigenvalue weighted by Gasteiger charge is 2.30. The Balaban J connectivity index is 5.28. The van der Waals surface area contributed by atoms with E-state index in [0.29, 0.717) is 25.7 Å². The van der Waals surface area contributed by atoms with Crippen LogP contribution in [0.5, 0.6) is 0 Å². The van der Waals surface area contributed by atoms with E-state index in [1.807, 2.05) is 0 Å². The van der Waals surface area contributed by atoms with Crippen molar-refractivity contribution >= 4 is 39.5 Å². The zero-order chi connectivity index (χ0) is 75.3. The fraction of sp³-hybridized carbons (Fsp3) is 0.905. The summed E-state index contributed by atoms with van der Waals surface area (Å²) in [6.07, 6.45) is 74.3. The highest BCUT2D eigenvalue weighted by molar-refractivity contribution is 7.47. The Bertz CT molecular complexity index is 2040. The second-order valence-corrected chi connectivity index (χ2v) is 32.4. The van der Waals surface area contributed by atoms with E-state index in [-0.39, 0.29) is 25.7 Å². The average Bonchev–Trinajstić information content (AvgIpc) is 0.912. The maximum Gasteiger partial charge on any atom is 0.472 e. The third-order valence-electron chi connectivity index (χ3n) is 19.2. The molecular formula is C84H160O17P2. The fourth-order valence-corrected chi connectivity index (χ4v) is 14.2. The zero-order valence-corrected chi connectivity index (χ0v) is 68.6. The van der Waals surface area contributed by atoms with Gasteiger partial charge in [0.05, 0.1) is 26.4 Å². The van der Waals surface area contributed by atoms with Gasteiger partial charge in [0.15, 0.2) is 12.2 Å². The maximum absolute atomic E-state index is 13.1. The molecule has 103 heavy (non-hydrogen) atoms. The van der Waals surface area contributed by atoms with Crippen LogP contribution in [0.15, 0.2) is 24.3 Å². The molecule has 0 aromatic heterocycles. The van der Waals surface area contributed by atoms with Crippen LogP contribution in [-0.2, 0) is 65.4 Å². The Morgan fingerprint density at radius 3 is 0.709 bits per heavy atom. The number of aliphatic hydroxyl groups is 1. The minimum Gasteiger partial charge on any atom is -0.462 e. The van der Waals surface area contributed by atoms with Crippen LogP contribution in [0.25, 0.3) is 0 Å². The number of hydrogen-bond donors (Lipinski definition) is 3. The van der Waals surface area contributed by atoms with Crippen molar-refractivity contribution in [2.45, 2.75) is 451 Å². The van der Waals surface area contributed by atoms with E-state index < -0.39 is 97.5 Å². The van der Waals surface area contributed by atoms with Crippen LogP contribution < -0.4 is 0 Å². The number of ether oxygens (including phenoxy) is 4. The van der Waals surface area contributed by atoms with Crippen molar-refractivity contribution in [3.8, 4) is 0 Å². The number of carbonyl (C=O) groups excluding carboxylic acids is 4. The van der Waals surface area contributed by atoms with E-state index in [9.17, 15) is 43.2 Å². The van der Waals surface area contributed by atoms with Crippen LogP contribution in [0, 0.1) is 0 Å². The molecule has 17 nitrogen and oxygen atoms in total. The van der Waals surface area contributed by atoms with Gasteiger partial charge in [-0.2, -0.15) is 0 Å². The van der Waals surface area contributed by atoms with Gasteiger partial charge in [-0.25, -0.2) is 9.13 Å². The molecular weight excluding hydrogens is 1340 g/mol. The van der Waals surface area contributed by atoms with Crippen molar-refractivity contribution in [1.82, 2.24) is 0 Å². The summed E-state index contributed by atoms with van der Waals surface area (Å²) in [6, 6.07) is 0. The van der Waals surface area contributed by atoms with Gasteiger partial charge in [0.25, 0.3) is 0 Å². The van der Waals surface area contributed by atoms with Crippen molar-refractivity contribution in [2.24, 2.45) is 0 Å². The van der Waals surface area contributed by atoms with Crippen molar-refractivity contribution in [3.05, 3.63) is 24.3 Å². The minimum atomic E-state index is -4.97. The molecule has 0 saturated carbocycles. The summed E-state index contributed by atoms with van der Waals surface area (Å²) >= 11 is 0. The SMILES string of the molecule is CCCCCC/C=C\C=C/CCCCCCCC(=O)O[C@H](COC(=O)CCCCCCCCCCCCCC)COP(=O)(O)OC[C@H](O)COP(=O)(O)OC[C@@H](COC(=O)CCCCCCCCCCCCCCCCCCC)OC(=O)CCCCCCCCCCCCCCCCCCCCC. The molecule has 0 heterocycles. The summed E-state index contributed by atoms with van der Waals surface area (Å²) in [5.74, 6) is -2.13. The number of phosphoric ester groups is 2. The second kappa shape index (κ2) is 77.7. The van der Waals surface area contributed by atoms with Crippen LogP contribution in [0.4, 0.5) is 0 Å². The number of phosphoric acid groups is 2. The summed E-state index contributed by atoms with van der Waals surface area (Å²) in [7, 11) is -9.94. The van der Waals surface area contributed by atoms with Gasteiger partial charge in [-0.3, -0.25) is 37.3 Å². The lowest BCUT2D eigenvalue weighted by molar-refractivity contribution is -0.161. The minimum absolute atomic E-state index is 0.0861. The Morgan fingerprint density at radius 2 is 0.466 bits per heavy atom. The molecule has 0 radical (unpaired) electrons. The molecule has 3 N–H and O–H groups in total. The van der Waals surface area contributed by atoms with Crippen LogP contribution in [0.2, 0.25) is 0 Å². The topological polar surface area (TPSA) is 237 Å². The number of carbonyl (C=O) groups is 4. The molecule has 608 valence electrons. The summed E-state index contributed by atoms with van der Waals surface area (Å²) in [6.45, 7) is 4.98. The van der Waals surface area contributed by atoms with Crippen molar-refractivity contribution in [2.75, 3.05) is 39.6 Å². The molecule has 0 saturated heterocycles. The van der Waals surface area contributed by atoms with E-state index in [2.05, 4.69) is 52.0 Å². The number of rotatable bonds is 83. The molecule has 0 aliphatic rings. The van der Waals surface area contributed by atoms with Gasteiger partial charge in [-0.1, -0.05) is 379 Å². The van der Waals surface area contributed by atoms with Crippen molar-refractivity contribution in [3.63, 3.8) is 0 Å². The highest BCUT2D eigenvalue weighted by Crippen LogP contribution is 2.45. The largest absolute Gasteiger partial charge is 0.472 e. The van der Waals surface area contributed by atoms with Crippen LogP contribution >= 0.6 is 15.6 Å². The van der Waals surface area contributed by atoms with Gasteiger partial charge >= 0.3 is 39.5 Å². The van der Waals surface area contributed by atoms with Crippen molar-refractivity contribution in [1.29, 1.82) is 0 Å². The molecule has 5 atom stereocenters. The number of aliphatic hydroxyl groups excluding tert-OH is 1. The van der Waals surface area contributed by atoms with Gasteiger partial charge in [-0.05, 0) is 51.4 Å². The van der Waals surface area contributed by atoms with Gasteiger partial charge in [0, 0.05) is 25.7 Å². The first-order valence-corrected chi connectivity index (χ1v) is 46.1. The van der Waals surface area contributed by atoms with Gasteiger partial charge in [0.1, 0.15) is 19.3 Å². The molecule has 19 heteroatoms. The molecule has 0 amide bonds. The smallest absolute Gasteiger partial charge is 0.462 e. The molecule has 0 aromatic rings. The first-order valence-electron chi connectivity index (χ1n) is 43.1. The molecule has 0 fully saturated rings. The molecule has 0 spiro atoms. The second-order valence-electron chi connectivity index (χ2n) is 29.5. The summed E-state index contributed by atoms with van der Waals surface area (Å²) < 4.78 is 68.8. The van der Waals surface area contributed by atoms with E-state index in [1.165, 1.54) is 250 Å². The zero-order valence-electron chi connectivity index (χ0n) is 66.8. The third-order valence-corrected chi connectivity index (χ3v) is 21.1. The lowest BCUT2D eigenvalue weighted by Gasteiger charge is -2.21. The molecule has 0 aliphatic carbocycles. The third kappa shape index (κ3) is 77.5. The highest BCUT2D eigenvalue weighted by atomic mass is 31.2. The standard InChI is InChI=1S/C84H160O17P2/c1-5-9-13-17-21-25-29-33-36-38-39-41-44-47-51-55-59-63-67-71-84(89)101-80(75-95-82(87)69-65-61-57-53-49-45-43-40-37-34-30-26-22-18-14-10-6-2)77-99-103(92,93)97-73-78(85)72-96-102(90,91)98-76-79(74-94-81(86)68-64-60-56-52-48-32-28-24-20-16-12-8-4)100-83(88)70-66-62-58-54-50-46-42-35-31-27-23-19-15-11-7-3/h27,31,35,42,78-80,85H,5-26,28-30,32-34,36-41,43-77H2,1-4H3,(H,90,91)(H,92,93)/b31-27-,42-35-/t78-,79+,80+/m0/s1. The first-order chi connectivity index (χ1) is 50.2. The fourth-order valence-electron chi connectivity index (χ4n) is 12.6. The number of hydrogen-bond acceptors (Lipinski definition) is 15. The molecule has 0 bridgehead atoms.